The average molecular weight is 342 g/mol. The van der Waals surface area contributed by atoms with Crippen LogP contribution in [-0.4, -0.2) is 45.9 Å². The van der Waals surface area contributed by atoms with Crippen molar-refractivity contribution in [2.75, 3.05) is 36.0 Å². The summed E-state index contributed by atoms with van der Waals surface area (Å²) in [6, 6.07) is 3.45. The Bertz CT molecular complexity index is 792. The minimum Gasteiger partial charge on any atom is -0.353 e. The predicted octanol–water partition coefficient (Wildman–Crippen LogP) is 1.63. The van der Waals surface area contributed by atoms with Gasteiger partial charge in [0.2, 0.25) is 0 Å². The van der Waals surface area contributed by atoms with Crippen LogP contribution in [0.15, 0.2) is 23.3 Å². The highest BCUT2D eigenvalue weighted by Crippen LogP contribution is 2.21. The van der Waals surface area contributed by atoms with Crippen molar-refractivity contribution in [2.24, 2.45) is 5.92 Å². The molecule has 1 fully saturated rings. The third-order valence-corrected chi connectivity index (χ3v) is 4.60. The van der Waals surface area contributed by atoms with Gasteiger partial charge in [-0.1, -0.05) is 13.8 Å². The highest BCUT2D eigenvalue weighted by atomic mass is 16.1. The fraction of sp³-hybridized carbons (Fsp3) is 0.556. The Morgan fingerprint density at radius 1 is 1.04 bits per heavy atom. The van der Waals surface area contributed by atoms with E-state index in [-0.39, 0.29) is 5.56 Å². The molecule has 2 aromatic rings. The molecule has 1 aliphatic rings. The van der Waals surface area contributed by atoms with Crippen molar-refractivity contribution in [3.05, 3.63) is 40.1 Å². The van der Waals surface area contributed by atoms with Crippen molar-refractivity contribution >= 4 is 11.6 Å². The minimum absolute atomic E-state index is 0.0387. The van der Waals surface area contributed by atoms with Crippen LogP contribution < -0.4 is 15.4 Å². The normalized spacial score (nSPS) is 15.1. The Labute approximate surface area is 148 Å². The van der Waals surface area contributed by atoms with E-state index in [1.54, 1.807) is 17.1 Å². The molecule has 0 bridgehead atoms. The second-order valence-electron chi connectivity index (χ2n) is 6.99. The van der Waals surface area contributed by atoms with Crippen molar-refractivity contribution < 1.29 is 0 Å². The molecule has 134 valence electrons. The lowest BCUT2D eigenvalue weighted by atomic mass is 10.2. The molecule has 1 aliphatic heterocycles. The molecule has 0 N–H and O–H groups in total. The molecular formula is C18H26N6O. The summed E-state index contributed by atoms with van der Waals surface area (Å²) in [6.07, 6.45) is 1.63. The van der Waals surface area contributed by atoms with Gasteiger partial charge < -0.3 is 9.80 Å². The van der Waals surface area contributed by atoms with Crippen LogP contribution in [-0.2, 0) is 6.54 Å². The van der Waals surface area contributed by atoms with Gasteiger partial charge in [-0.05, 0) is 25.8 Å². The Hall–Kier alpha value is -2.44. The maximum atomic E-state index is 12.0. The molecular weight excluding hydrogens is 316 g/mol. The van der Waals surface area contributed by atoms with Crippen molar-refractivity contribution in [1.29, 1.82) is 0 Å². The van der Waals surface area contributed by atoms with E-state index in [1.807, 2.05) is 13.0 Å². The van der Waals surface area contributed by atoms with Gasteiger partial charge in [-0.15, -0.1) is 0 Å². The third kappa shape index (κ3) is 3.81. The van der Waals surface area contributed by atoms with Gasteiger partial charge >= 0.3 is 0 Å². The van der Waals surface area contributed by atoms with E-state index in [0.717, 1.165) is 49.1 Å². The fourth-order valence-electron chi connectivity index (χ4n) is 3.08. The van der Waals surface area contributed by atoms with E-state index in [9.17, 15) is 4.79 Å². The number of hydrogen-bond acceptors (Lipinski definition) is 6. The molecule has 7 heteroatoms. The first-order chi connectivity index (χ1) is 12.0. The lowest BCUT2D eigenvalue weighted by Crippen LogP contribution is -2.47. The first-order valence-electron chi connectivity index (χ1n) is 8.82. The topological polar surface area (TPSA) is 67.2 Å². The molecule has 25 heavy (non-hydrogen) atoms. The van der Waals surface area contributed by atoms with Gasteiger partial charge in [0.25, 0.3) is 5.56 Å². The van der Waals surface area contributed by atoms with Gasteiger partial charge in [0, 0.05) is 50.0 Å². The molecule has 0 saturated carbocycles. The maximum Gasteiger partial charge on any atom is 0.266 e. The molecule has 7 nitrogen and oxygen atoms in total. The zero-order valence-corrected chi connectivity index (χ0v) is 15.4. The summed E-state index contributed by atoms with van der Waals surface area (Å²) in [7, 11) is 0. The number of aromatic nitrogens is 4. The molecule has 2 aromatic heterocycles. The van der Waals surface area contributed by atoms with Crippen LogP contribution in [0, 0.1) is 19.8 Å². The number of nitrogens with zero attached hydrogens (tertiary/aromatic N) is 6. The zero-order valence-electron chi connectivity index (χ0n) is 15.4. The van der Waals surface area contributed by atoms with Crippen molar-refractivity contribution in [3.63, 3.8) is 0 Å². The number of piperazine rings is 1. The molecule has 0 aliphatic carbocycles. The molecule has 3 rings (SSSR count). The van der Waals surface area contributed by atoms with Gasteiger partial charge in [0.1, 0.15) is 18.0 Å². The zero-order chi connectivity index (χ0) is 18.0. The quantitative estimate of drug-likeness (QED) is 0.841. The van der Waals surface area contributed by atoms with Gasteiger partial charge in [0.05, 0.1) is 0 Å². The average Bonchev–Trinajstić information content (AvgIpc) is 2.59. The van der Waals surface area contributed by atoms with E-state index < -0.39 is 0 Å². The molecule has 3 heterocycles. The summed E-state index contributed by atoms with van der Waals surface area (Å²) in [5, 5.41) is 4.55. The van der Waals surface area contributed by atoms with Crippen LogP contribution in [0.1, 0.15) is 25.1 Å². The Morgan fingerprint density at radius 3 is 2.40 bits per heavy atom. The van der Waals surface area contributed by atoms with Crippen LogP contribution in [0.2, 0.25) is 0 Å². The summed E-state index contributed by atoms with van der Waals surface area (Å²) in [4.78, 5) is 25.2. The van der Waals surface area contributed by atoms with Gasteiger partial charge in [-0.2, -0.15) is 5.10 Å². The second kappa shape index (κ2) is 7.21. The van der Waals surface area contributed by atoms with Crippen LogP contribution in [0.25, 0.3) is 0 Å². The van der Waals surface area contributed by atoms with Crippen LogP contribution in [0.4, 0.5) is 11.6 Å². The molecule has 0 amide bonds. The molecule has 0 atom stereocenters. The van der Waals surface area contributed by atoms with Gasteiger partial charge in [-0.3, -0.25) is 4.79 Å². The first-order valence-corrected chi connectivity index (χ1v) is 8.82. The minimum atomic E-state index is -0.0387. The standard InChI is InChI=1S/C18H26N6O/c1-13(2)11-24-17(25)6-5-16(21-24)22-7-9-23(10-8-22)18-14(3)15(4)19-12-20-18/h5-6,12-13H,7-11H2,1-4H3. The van der Waals surface area contributed by atoms with Gasteiger partial charge in [0.15, 0.2) is 0 Å². The molecule has 0 unspecified atom stereocenters. The molecule has 0 spiro atoms. The molecule has 0 aromatic carbocycles. The van der Waals surface area contributed by atoms with Crippen molar-refractivity contribution in [2.45, 2.75) is 34.2 Å². The summed E-state index contributed by atoms with van der Waals surface area (Å²) in [6.45, 7) is 12.4. The second-order valence-corrected chi connectivity index (χ2v) is 6.99. The number of hydrogen-bond donors (Lipinski definition) is 0. The molecule has 1 saturated heterocycles. The van der Waals surface area contributed by atoms with Gasteiger partial charge in [-0.25, -0.2) is 14.6 Å². The number of rotatable bonds is 4. The Morgan fingerprint density at radius 2 is 1.72 bits per heavy atom. The first kappa shape index (κ1) is 17.4. The van der Waals surface area contributed by atoms with E-state index in [2.05, 4.69) is 45.6 Å². The monoisotopic (exact) mass is 342 g/mol. The summed E-state index contributed by atoms with van der Waals surface area (Å²) in [5.41, 5.74) is 2.12. The van der Waals surface area contributed by atoms with Crippen LogP contribution in [0.5, 0.6) is 0 Å². The van der Waals surface area contributed by atoms with Crippen molar-refractivity contribution in [1.82, 2.24) is 19.7 Å². The van der Waals surface area contributed by atoms with E-state index in [1.165, 1.54) is 0 Å². The van der Waals surface area contributed by atoms with E-state index in [0.29, 0.717) is 12.5 Å². The summed E-state index contributed by atoms with van der Waals surface area (Å²) in [5.74, 6) is 2.28. The lowest BCUT2D eigenvalue weighted by molar-refractivity contribution is 0.461. The highest BCUT2D eigenvalue weighted by molar-refractivity contribution is 5.49. The third-order valence-electron chi connectivity index (χ3n) is 4.60. The summed E-state index contributed by atoms with van der Waals surface area (Å²) < 4.78 is 1.57. The highest BCUT2D eigenvalue weighted by Gasteiger charge is 2.21. The van der Waals surface area contributed by atoms with E-state index in [4.69, 9.17) is 0 Å². The SMILES string of the molecule is Cc1ncnc(N2CCN(c3ccc(=O)n(CC(C)C)n3)CC2)c1C. The van der Waals surface area contributed by atoms with Crippen LogP contribution in [0.3, 0.4) is 0 Å². The van der Waals surface area contributed by atoms with E-state index >= 15 is 0 Å². The van der Waals surface area contributed by atoms with Crippen molar-refractivity contribution in [3.8, 4) is 0 Å². The number of anilines is 2. The summed E-state index contributed by atoms with van der Waals surface area (Å²) >= 11 is 0. The lowest BCUT2D eigenvalue weighted by Gasteiger charge is -2.36. The largest absolute Gasteiger partial charge is 0.353 e. The fourth-order valence-corrected chi connectivity index (χ4v) is 3.08. The predicted molar refractivity (Wildman–Crippen MR) is 99.3 cm³/mol. The number of aryl methyl sites for hydroxylation is 1. The smallest absolute Gasteiger partial charge is 0.266 e. The van der Waals surface area contributed by atoms with Crippen LogP contribution >= 0.6 is 0 Å². The Balaban J connectivity index is 1.72. The Kier molecular flexibility index (Phi) is 5.01. The maximum absolute atomic E-state index is 12.0. The molecule has 0 radical (unpaired) electrons.